The van der Waals surface area contributed by atoms with Gasteiger partial charge in [0.05, 0.1) is 5.41 Å². The lowest BCUT2D eigenvalue weighted by molar-refractivity contribution is 0.442. The molecule has 0 unspecified atom stereocenters. The molecule has 4 aromatic rings. The molecule has 2 saturated carbocycles. The number of unbranched alkanes of at least 4 members (excludes halogenated alkanes) is 2. The van der Waals surface area contributed by atoms with E-state index in [9.17, 15) is 0 Å². The van der Waals surface area contributed by atoms with Crippen LogP contribution in [0, 0.1) is 13.8 Å². The van der Waals surface area contributed by atoms with Crippen LogP contribution in [0.4, 0.5) is 0 Å². The third-order valence-electron chi connectivity index (χ3n) is 12.1. The fraction of sp³-hybridized carbons (Fsp3) is 0.489. The molecule has 0 aliphatic heterocycles. The van der Waals surface area contributed by atoms with Gasteiger partial charge in [0, 0.05) is 0 Å². The van der Waals surface area contributed by atoms with Gasteiger partial charge in [0.2, 0.25) is 0 Å². The molecular weight excluding hydrogens is 565 g/mol. The molecule has 3 aliphatic carbocycles. The molecule has 7 rings (SSSR count). The van der Waals surface area contributed by atoms with Crippen molar-refractivity contribution in [3.63, 3.8) is 0 Å². The zero-order valence-electron chi connectivity index (χ0n) is 29.9. The average molecular weight is 623 g/mol. The summed E-state index contributed by atoms with van der Waals surface area (Å²) in [5.74, 6) is 1.37. The van der Waals surface area contributed by atoms with E-state index in [1.807, 2.05) is 0 Å². The van der Waals surface area contributed by atoms with Crippen LogP contribution in [0.1, 0.15) is 171 Å². The summed E-state index contributed by atoms with van der Waals surface area (Å²) in [5.41, 5.74) is 17.6. The van der Waals surface area contributed by atoms with Gasteiger partial charge >= 0.3 is 0 Å². The third kappa shape index (κ3) is 6.27. The molecule has 246 valence electrons. The number of hydrogen-bond donors (Lipinski definition) is 0. The lowest BCUT2D eigenvalue weighted by Gasteiger charge is -2.37. The molecular formula is C47H58. The Morgan fingerprint density at radius 1 is 0.511 bits per heavy atom. The highest BCUT2D eigenvalue weighted by molar-refractivity contribution is 5.87. The zero-order valence-corrected chi connectivity index (χ0v) is 29.9. The zero-order chi connectivity index (χ0) is 32.4. The van der Waals surface area contributed by atoms with Crippen molar-refractivity contribution in [2.24, 2.45) is 0 Å². The predicted molar refractivity (Wildman–Crippen MR) is 202 cm³/mol. The van der Waals surface area contributed by atoms with Crippen LogP contribution in [0.25, 0.3) is 11.1 Å². The minimum absolute atomic E-state index is 0.319. The van der Waals surface area contributed by atoms with Crippen LogP contribution in [0.3, 0.4) is 0 Å². The minimum Gasteiger partial charge on any atom is -0.0654 e. The number of fused-ring (bicyclic) bond motifs is 3. The summed E-state index contributed by atoms with van der Waals surface area (Å²) in [5, 5.41) is 0. The maximum atomic E-state index is 2.70. The maximum absolute atomic E-state index is 2.70. The Balaban J connectivity index is 1.56. The first-order valence-electron chi connectivity index (χ1n) is 19.5. The molecule has 0 heterocycles. The van der Waals surface area contributed by atoms with Crippen LogP contribution in [0.2, 0.25) is 0 Å². The van der Waals surface area contributed by atoms with Crippen molar-refractivity contribution in [1.82, 2.24) is 0 Å². The number of rotatable bonds is 10. The molecule has 0 heteroatoms. The summed E-state index contributed by atoms with van der Waals surface area (Å²) in [6, 6.07) is 30.6. The van der Waals surface area contributed by atoms with Crippen molar-refractivity contribution in [2.45, 2.75) is 148 Å². The topological polar surface area (TPSA) is 0 Å². The van der Waals surface area contributed by atoms with E-state index in [0.717, 1.165) is 0 Å². The van der Waals surface area contributed by atoms with Gasteiger partial charge in [0.1, 0.15) is 0 Å². The average Bonchev–Trinajstić information content (AvgIpc) is 3.39. The molecule has 0 saturated heterocycles. The summed E-state index contributed by atoms with van der Waals surface area (Å²) >= 11 is 0. The van der Waals surface area contributed by atoms with Crippen molar-refractivity contribution in [1.29, 1.82) is 0 Å². The van der Waals surface area contributed by atoms with E-state index in [1.165, 1.54) is 147 Å². The van der Waals surface area contributed by atoms with Gasteiger partial charge in [-0.05, 0) is 133 Å². The summed E-state index contributed by atoms with van der Waals surface area (Å²) in [6.07, 6.45) is 21.0. The molecule has 0 aromatic heterocycles. The van der Waals surface area contributed by atoms with Gasteiger partial charge in [-0.25, -0.2) is 0 Å². The maximum Gasteiger partial charge on any atom is 0.0714 e. The Bertz CT molecular complexity index is 1560. The lowest BCUT2D eigenvalue weighted by Crippen LogP contribution is -2.30. The van der Waals surface area contributed by atoms with Crippen LogP contribution in [0.15, 0.2) is 72.8 Å². The van der Waals surface area contributed by atoms with Crippen LogP contribution in [-0.4, -0.2) is 0 Å². The minimum atomic E-state index is -0.319. The lowest BCUT2D eigenvalue weighted by atomic mass is 9.65. The fourth-order valence-electron chi connectivity index (χ4n) is 9.60. The second-order valence-corrected chi connectivity index (χ2v) is 15.7. The van der Waals surface area contributed by atoms with E-state index in [2.05, 4.69) is 100 Å². The second-order valence-electron chi connectivity index (χ2n) is 15.7. The molecule has 47 heavy (non-hydrogen) atoms. The Hall–Kier alpha value is -3.12. The summed E-state index contributed by atoms with van der Waals surface area (Å²) in [6.45, 7) is 9.29. The van der Waals surface area contributed by atoms with Gasteiger partial charge in [-0.1, -0.05) is 149 Å². The molecule has 0 spiro atoms. The Morgan fingerprint density at radius 2 is 0.936 bits per heavy atom. The molecule has 3 aliphatic rings. The van der Waals surface area contributed by atoms with Gasteiger partial charge in [-0.3, -0.25) is 0 Å². The summed E-state index contributed by atoms with van der Waals surface area (Å²) in [7, 11) is 0. The smallest absolute Gasteiger partial charge is 0.0654 e. The van der Waals surface area contributed by atoms with E-state index >= 15 is 0 Å². The quantitative estimate of drug-likeness (QED) is 0.145. The van der Waals surface area contributed by atoms with Crippen molar-refractivity contribution in [3.8, 4) is 11.1 Å². The normalized spacial score (nSPS) is 17.9. The molecule has 0 N–H and O–H groups in total. The first-order valence-corrected chi connectivity index (χ1v) is 19.5. The molecule has 2 fully saturated rings. The van der Waals surface area contributed by atoms with Crippen molar-refractivity contribution in [3.05, 3.63) is 128 Å². The Kier molecular flexibility index (Phi) is 9.77. The van der Waals surface area contributed by atoms with E-state index in [4.69, 9.17) is 0 Å². The molecule has 0 bridgehead atoms. The largest absolute Gasteiger partial charge is 0.0714 e. The molecule has 0 nitrogen and oxygen atoms in total. The molecule has 0 radical (unpaired) electrons. The highest BCUT2D eigenvalue weighted by atomic mass is 14.5. The highest BCUT2D eigenvalue weighted by Gasteiger charge is 2.47. The van der Waals surface area contributed by atoms with E-state index < -0.39 is 0 Å². The number of aryl methyl sites for hydroxylation is 4. The first kappa shape index (κ1) is 32.4. The van der Waals surface area contributed by atoms with Crippen LogP contribution in [-0.2, 0) is 18.3 Å². The monoisotopic (exact) mass is 622 g/mol. The van der Waals surface area contributed by atoms with E-state index in [0.29, 0.717) is 11.8 Å². The summed E-state index contributed by atoms with van der Waals surface area (Å²) in [4.78, 5) is 0. The predicted octanol–water partition coefficient (Wildman–Crippen LogP) is 13.4. The molecule has 0 atom stereocenters. The Morgan fingerprint density at radius 3 is 1.34 bits per heavy atom. The van der Waals surface area contributed by atoms with Crippen LogP contribution in [0.5, 0.6) is 0 Å². The number of benzene rings is 4. The van der Waals surface area contributed by atoms with Gasteiger partial charge in [0.25, 0.3) is 0 Å². The summed E-state index contributed by atoms with van der Waals surface area (Å²) < 4.78 is 0. The highest BCUT2D eigenvalue weighted by Crippen LogP contribution is 2.57. The van der Waals surface area contributed by atoms with Gasteiger partial charge in [-0.2, -0.15) is 0 Å². The number of hydrogen-bond acceptors (Lipinski definition) is 0. The molecule has 0 amide bonds. The van der Waals surface area contributed by atoms with Gasteiger partial charge in [0.15, 0.2) is 0 Å². The van der Waals surface area contributed by atoms with Crippen molar-refractivity contribution >= 4 is 0 Å². The molecule has 4 aromatic carbocycles. The van der Waals surface area contributed by atoms with Crippen molar-refractivity contribution < 1.29 is 0 Å². The first-order chi connectivity index (χ1) is 23.0. The van der Waals surface area contributed by atoms with Crippen LogP contribution < -0.4 is 0 Å². The van der Waals surface area contributed by atoms with Crippen molar-refractivity contribution in [2.75, 3.05) is 0 Å². The fourth-order valence-corrected chi connectivity index (χ4v) is 9.60. The van der Waals surface area contributed by atoms with E-state index in [1.54, 1.807) is 22.3 Å². The standard InChI is InChI=1S/C47H58/c1-5-7-15-35-27-39(37-17-11-9-12-18-37)31-41(29-35)47(45-25-33(3)21-23-43(45)44-24-22-34(4)26-46(44)47)42-30-36(16-8-6-2)28-40(32-42)38-19-13-10-14-20-38/h21-32,37-38H,5-20H2,1-4H3. The van der Waals surface area contributed by atoms with Crippen LogP contribution >= 0.6 is 0 Å². The Labute approximate surface area is 286 Å². The van der Waals surface area contributed by atoms with E-state index in [-0.39, 0.29) is 5.41 Å². The third-order valence-corrected chi connectivity index (χ3v) is 12.1. The second kappa shape index (κ2) is 14.2. The SMILES string of the molecule is CCCCc1cc(C2CCCCC2)cc(C2(c3cc(CCCC)cc(C4CCCCC4)c3)c3cc(C)ccc3-c3ccc(C)cc32)c1. The van der Waals surface area contributed by atoms with Gasteiger partial charge < -0.3 is 0 Å². The van der Waals surface area contributed by atoms with Gasteiger partial charge in [-0.15, -0.1) is 0 Å².